The fraction of sp³-hybridized carbons (Fsp3) is 0.171. The van der Waals surface area contributed by atoms with Crippen molar-refractivity contribution in [3.63, 3.8) is 0 Å². The van der Waals surface area contributed by atoms with Gasteiger partial charge >= 0.3 is 5.97 Å². The zero-order valence-corrected chi connectivity index (χ0v) is 27.4. The number of ether oxygens (including phenoxy) is 2. The van der Waals surface area contributed by atoms with Crippen LogP contribution in [-0.4, -0.2) is 56.8 Å². The molecular weight excluding hydrogens is 658 g/mol. The van der Waals surface area contributed by atoms with Gasteiger partial charge in [0.05, 0.1) is 41.0 Å². The van der Waals surface area contributed by atoms with Crippen LogP contribution in [0, 0.1) is 11.6 Å². The molecule has 11 nitrogen and oxygen atoms in total. The molecule has 0 fully saturated rings. The van der Waals surface area contributed by atoms with Crippen molar-refractivity contribution in [3.8, 4) is 39.7 Å². The van der Waals surface area contributed by atoms with Gasteiger partial charge in [-0.25, -0.2) is 27.0 Å². The minimum Gasteiger partial charge on any atom is -0.462 e. The van der Waals surface area contributed by atoms with Crippen LogP contribution < -0.4 is 14.4 Å². The summed E-state index contributed by atoms with van der Waals surface area (Å²) in [6.45, 7) is 1.76. The third-order valence-electron chi connectivity index (χ3n) is 8.37. The molecule has 4 heterocycles. The van der Waals surface area contributed by atoms with E-state index in [-0.39, 0.29) is 51.7 Å². The molecule has 3 aromatic heterocycles. The van der Waals surface area contributed by atoms with Crippen LogP contribution in [0.25, 0.3) is 55.8 Å². The standard InChI is InChI=1S/C35H28F2N4O7S/c1-5-46-35(43)34-41-25-8-6-7-23(37)20(25)16-27(41)31-28(48-34)14-13-24(39-31)21-15-22-29(17-26(21)40(3)49(4,44)45)47-32(30(22)33(42)38-2)18-9-11-19(36)12-10-18/h6-17,34H,5H2,1-4H3,(H,38,42). The molecule has 1 atom stereocenters. The Balaban J connectivity index is 1.49. The maximum atomic E-state index is 15.0. The summed E-state index contributed by atoms with van der Waals surface area (Å²) in [5.41, 5.74) is 2.53. The largest absolute Gasteiger partial charge is 0.462 e. The summed E-state index contributed by atoms with van der Waals surface area (Å²) in [7, 11) is -0.998. The van der Waals surface area contributed by atoms with Crippen LogP contribution in [0.5, 0.6) is 5.75 Å². The van der Waals surface area contributed by atoms with Crippen LogP contribution >= 0.6 is 0 Å². The third-order valence-corrected chi connectivity index (χ3v) is 9.56. The second kappa shape index (κ2) is 11.7. The molecule has 0 spiro atoms. The molecule has 1 unspecified atom stereocenters. The molecule has 1 aliphatic heterocycles. The van der Waals surface area contributed by atoms with Gasteiger partial charge in [0.25, 0.3) is 12.1 Å². The summed E-state index contributed by atoms with van der Waals surface area (Å²) in [5.74, 6) is -1.79. The summed E-state index contributed by atoms with van der Waals surface area (Å²) < 4.78 is 74.7. The SMILES string of the molecule is CCOC(=O)C1Oc2ccc(-c3cc4c(C(=O)NC)c(-c5ccc(F)cc5)oc4cc3N(C)S(C)(=O)=O)nc2-c2cc3c(F)cccc3n21. The summed E-state index contributed by atoms with van der Waals surface area (Å²) in [5, 5.41) is 3.18. The molecule has 7 rings (SSSR count). The molecule has 3 aromatic carbocycles. The summed E-state index contributed by atoms with van der Waals surface area (Å²) in [6.07, 6.45) is -0.219. The molecule has 6 aromatic rings. The lowest BCUT2D eigenvalue weighted by atomic mass is 10.0. The van der Waals surface area contributed by atoms with Gasteiger partial charge in [0.2, 0.25) is 10.0 Å². The number of rotatable bonds is 7. The number of aromatic nitrogens is 2. The highest BCUT2D eigenvalue weighted by Gasteiger charge is 2.36. The van der Waals surface area contributed by atoms with Gasteiger partial charge in [0.15, 0.2) is 5.75 Å². The summed E-state index contributed by atoms with van der Waals surface area (Å²) in [4.78, 5) is 31.2. The van der Waals surface area contributed by atoms with Crippen molar-refractivity contribution in [1.82, 2.24) is 14.9 Å². The van der Waals surface area contributed by atoms with E-state index < -0.39 is 39.8 Å². The zero-order valence-electron chi connectivity index (χ0n) is 26.6. The van der Waals surface area contributed by atoms with Gasteiger partial charge in [-0.2, -0.15) is 0 Å². The number of hydrogen-bond donors (Lipinski definition) is 1. The number of carbonyl (C=O) groups is 2. The number of pyridine rings is 1. The number of anilines is 1. The van der Waals surface area contributed by atoms with Crippen LogP contribution in [-0.2, 0) is 19.6 Å². The minimum atomic E-state index is -3.83. The summed E-state index contributed by atoms with van der Waals surface area (Å²) >= 11 is 0. The molecule has 49 heavy (non-hydrogen) atoms. The normalized spacial score (nSPS) is 13.9. The van der Waals surface area contributed by atoms with E-state index in [1.165, 1.54) is 61.1 Å². The molecular formula is C35H28F2N4O7S. The number of amides is 1. The lowest BCUT2D eigenvalue weighted by Crippen LogP contribution is -2.30. The second-order valence-corrected chi connectivity index (χ2v) is 13.3. The number of hydrogen-bond acceptors (Lipinski definition) is 8. The van der Waals surface area contributed by atoms with Crippen molar-refractivity contribution in [2.45, 2.75) is 13.2 Å². The monoisotopic (exact) mass is 686 g/mol. The number of sulfonamides is 1. The van der Waals surface area contributed by atoms with Crippen LogP contribution in [0.4, 0.5) is 14.5 Å². The van der Waals surface area contributed by atoms with Gasteiger partial charge in [-0.3, -0.25) is 13.7 Å². The van der Waals surface area contributed by atoms with E-state index in [0.29, 0.717) is 27.7 Å². The van der Waals surface area contributed by atoms with E-state index in [4.69, 9.17) is 18.9 Å². The van der Waals surface area contributed by atoms with Crippen molar-refractivity contribution < 1.29 is 40.7 Å². The van der Waals surface area contributed by atoms with E-state index in [0.717, 1.165) is 10.6 Å². The molecule has 250 valence electrons. The number of nitrogens with one attached hydrogen (secondary N) is 1. The Morgan fingerprint density at radius 3 is 2.49 bits per heavy atom. The van der Waals surface area contributed by atoms with Gasteiger partial charge in [0, 0.05) is 42.1 Å². The predicted octanol–water partition coefficient (Wildman–Crippen LogP) is 6.27. The number of fused-ring (bicyclic) bond motifs is 6. The van der Waals surface area contributed by atoms with E-state index in [9.17, 15) is 22.4 Å². The first-order valence-electron chi connectivity index (χ1n) is 15.1. The summed E-state index contributed by atoms with van der Waals surface area (Å²) in [6, 6.07) is 17.7. The first-order chi connectivity index (χ1) is 23.4. The van der Waals surface area contributed by atoms with E-state index >= 15 is 4.39 Å². The number of esters is 1. The predicted molar refractivity (Wildman–Crippen MR) is 179 cm³/mol. The Kier molecular flexibility index (Phi) is 7.62. The second-order valence-electron chi connectivity index (χ2n) is 11.3. The van der Waals surface area contributed by atoms with E-state index in [1.807, 2.05) is 0 Å². The smallest absolute Gasteiger partial charge is 0.369 e. The van der Waals surface area contributed by atoms with Crippen molar-refractivity contribution in [3.05, 3.63) is 90.0 Å². The maximum Gasteiger partial charge on any atom is 0.369 e. The van der Waals surface area contributed by atoms with Crippen molar-refractivity contribution in [2.75, 3.05) is 31.3 Å². The average molecular weight is 687 g/mol. The Morgan fingerprint density at radius 2 is 1.80 bits per heavy atom. The molecule has 0 bridgehead atoms. The van der Waals surface area contributed by atoms with Gasteiger partial charge in [-0.1, -0.05) is 6.07 Å². The molecule has 0 radical (unpaired) electrons. The fourth-order valence-corrected chi connectivity index (χ4v) is 6.50. The highest BCUT2D eigenvalue weighted by atomic mass is 32.2. The number of halogens is 2. The number of furan rings is 1. The zero-order chi connectivity index (χ0) is 34.8. The molecule has 1 N–H and O–H groups in total. The van der Waals surface area contributed by atoms with Crippen LogP contribution in [0.3, 0.4) is 0 Å². The van der Waals surface area contributed by atoms with E-state index in [1.54, 1.807) is 37.3 Å². The highest BCUT2D eigenvalue weighted by Crippen LogP contribution is 2.45. The van der Waals surface area contributed by atoms with Gasteiger partial charge in [-0.15, -0.1) is 0 Å². The van der Waals surface area contributed by atoms with Crippen molar-refractivity contribution >= 4 is 49.5 Å². The molecule has 1 aliphatic rings. The van der Waals surface area contributed by atoms with Gasteiger partial charge in [-0.05, 0) is 67.6 Å². The molecule has 0 aliphatic carbocycles. The average Bonchev–Trinajstić information content (AvgIpc) is 3.66. The van der Waals surface area contributed by atoms with Crippen LogP contribution in [0.2, 0.25) is 0 Å². The first kappa shape index (κ1) is 31.8. The Bertz CT molecular complexity index is 2440. The number of nitrogens with zero attached hydrogens (tertiary/aromatic N) is 3. The lowest BCUT2D eigenvalue weighted by molar-refractivity contribution is -0.156. The van der Waals surface area contributed by atoms with Crippen LogP contribution in [0.1, 0.15) is 23.5 Å². The Labute approximate surface area is 278 Å². The minimum absolute atomic E-state index is 0.0969. The highest BCUT2D eigenvalue weighted by molar-refractivity contribution is 7.92. The third kappa shape index (κ3) is 5.24. The molecule has 0 saturated heterocycles. The quantitative estimate of drug-likeness (QED) is 0.194. The van der Waals surface area contributed by atoms with Gasteiger partial charge in [0.1, 0.15) is 28.7 Å². The van der Waals surface area contributed by atoms with E-state index in [2.05, 4.69) is 5.32 Å². The Morgan fingerprint density at radius 1 is 1.04 bits per heavy atom. The first-order valence-corrected chi connectivity index (χ1v) is 16.9. The number of carbonyl (C=O) groups excluding carboxylic acids is 2. The van der Waals surface area contributed by atoms with Crippen molar-refractivity contribution in [1.29, 1.82) is 0 Å². The maximum absolute atomic E-state index is 15.0. The lowest BCUT2D eigenvalue weighted by Gasteiger charge is -2.28. The molecule has 1 amide bonds. The molecule has 0 saturated carbocycles. The van der Waals surface area contributed by atoms with Crippen LogP contribution in [0.15, 0.2) is 77.2 Å². The topological polar surface area (TPSA) is 133 Å². The Hall–Kier alpha value is -5.76. The fourth-order valence-electron chi connectivity index (χ4n) is 6.00. The van der Waals surface area contributed by atoms with Gasteiger partial charge < -0.3 is 19.2 Å². The molecule has 14 heteroatoms. The number of benzene rings is 3. The van der Waals surface area contributed by atoms with Crippen molar-refractivity contribution in [2.24, 2.45) is 0 Å².